The summed E-state index contributed by atoms with van der Waals surface area (Å²) in [5, 5.41) is 4.46. The van der Waals surface area contributed by atoms with Crippen LogP contribution >= 0.6 is 23.2 Å². The van der Waals surface area contributed by atoms with Gasteiger partial charge >= 0.3 is 0 Å². The molecule has 1 unspecified atom stereocenters. The lowest BCUT2D eigenvalue weighted by molar-refractivity contribution is -0.119. The Bertz CT molecular complexity index is 753. The molecule has 0 fully saturated rings. The summed E-state index contributed by atoms with van der Waals surface area (Å²) in [5.74, 6) is 0.152. The van der Waals surface area contributed by atoms with Gasteiger partial charge in [0, 0.05) is 17.6 Å². The van der Waals surface area contributed by atoms with E-state index < -0.39 is 5.91 Å². The van der Waals surface area contributed by atoms with E-state index >= 15 is 0 Å². The van der Waals surface area contributed by atoms with Crippen molar-refractivity contribution in [2.45, 2.75) is 19.5 Å². The lowest BCUT2D eigenvalue weighted by Crippen LogP contribution is -2.20. The van der Waals surface area contributed by atoms with Crippen molar-refractivity contribution in [1.82, 2.24) is 5.32 Å². The fourth-order valence-electron chi connectivity index (χ4n) is 2.37. The van der Waals surface area contributed by atoms with Crippen LogP contribution in [-0.4, -0.2) is 19.6 Å². The van der Waals surface area contributed by atoms with E-state index in [1.165, 1.54) is 7.11 Å². The number of halogens is 2. The van der Waals surface area contributed by atoms with Crippen molar-refractivity contribution in [3.05, 3.63) is 57.6 Å². The molecule has 3 N–H and O–H groups in total. The summed E-state index contributed by atoms with van der Waals surface area (Å²) in [6.45, 7) is 2.32. The van der Waals surface area contributed by atoms with E-state index in [0.29, 0.717) is 28.1 Å². The zero-order valence-electron chi connectivity index (χ0n) is 14.0. The molecule has 0 spiro atoms. The minimum atomic E-state index is -0.586. The number of benzene rings is 2. The Morgan fingerprint density at radius 1 is 1.24 bits per heavy atom. The number of amides is 1. The van der Waals surface area contributed by atoms with Gasteiger partial charge in [-0.1, -0.05) is 41.4 Å². The molecule has 134 valence electrons. The van der Waals surface area contributed by atoms with Gasteiger partial charge in [-0.05, 0) is 36.2 Å². The van der Waals surface area contributed by atoms with Crippen molar-refractivity contribution in [2.24, 2.45) is 5.73 Å². The van der Waals surface area contributed by atoms with Crippen LogP contribution in [0.3, 0.4) is 0 Å². The number of carbonyl (C=O) groups excluding carboxylic acids is 1. The Hall–Kier alpha value is -1.95. The number of carbonyl (C=O) groups is 1. The molecule has 0 aliphatic carbocycles. The van der Waals surface area contributed by atoms with Gasteiger partial charge in [-0.15, -0.1) is 0 Å². The molecule has 0 saturated carbocycles. The van der Waals surface area contributed by atoms with E-state index in [1.54, 1.807) is 12.1 Å². The lowest BCUT2D eigenvalue weighted by atomic mass is 10.1. The molecule has 1 atom stereocenters. The number of primary amides is 1. The zero-order valence-corrected chi connectivity index (χ0v) is 15.5. The summed E-state index contributed by atoms with van der Waals surface area (Å²) in [5.41, 5.74) is 7.02. The predicted octanol–water partition coefficient (Wildman–Crippen LogP) is 3.72. The third kappa shape index (κ3) is 5.26. The smallest absolute Gasteiger partial charge is 0.255 e. The molecule has 25 heavy (non-hydrogen) atoms. The van der Waals surface area contributed by atoms with Gasteiger partial charge in [0.15, 0.2) is 18.1 Å². The number of nitrogens with one attached hydrogen (secondary N) is 1. The second-order valence-corrected chi connectivity index (χ2v) is 6.30. The van der Waals surface area contributed by atoms with E-state index in [1.807, 2.05) is 31.2 Å². The predicted molar refractivity (Wildman–Crippen MR) is 99.4 cm³/mol. The van der Waals surface area contributed by atoms with Gasteiger partial charge in [-0.3, -0.25) is 4.79 Å². The molecule has 0 bridgehead atoms. The summed E-state index contributed by atoms with van der Waals surface area (Å²) >= 11 is 12.5. The van der Waals surface area contributed by atoms with Crippen LogP contribution in [0.5, 0.6) is 11.5 Å². The minimum Gasteiger partial charge on any atom is -0.493 e. The molecule has 0 aliphatic heterocycles. The van der Waals surface area contributed by atoms with E-state index in [-0.39, 0.29) is 12.6 Å². The fraction of sp³-hybridized carbons (Fsp3) is 0.278. The van der Waals surface area contributed by atoms with Crippen molar-refractivity contribution in [3.8, 4) is 11.5 Å². The first kappa shape index (κ1) is 19.4. The number of nitrogens with two attached hydrogens (primary N) is 1. The van der Waals surface area contributed by atoms with Crippen molar-refractivity contribution < 1.29 is 14.3 Å². The number of hydrogen-bond acceptors (Lipinski definition) is 4. The van der Waals surface area contributed by atoms with Crippen LogP contribution in [-0.2, 0) is 11.3 Å². The fourth-order valence-corrected chi connectivity index (χ4v) is 2.95. The van der Waals surface area contributed by atoms with Gasteiger partial charge in [-0.2, -0.15) is 0 Å². The van der Waals surface area contributed by atoms with Gasteiger partial charge in [0.25, 0.3) is 5.91 Å². The van der Waals surface area contributed by atoms with E-state index in [4.69, 9.17) is 38.4 Å². The molecule has 2 aromatic carbocycles. The van der Waals surface area contributed by atoms with E-state index in [9.17, 15) is 4.79 Å². The Morgan fingerprint density at radius 2 is 1.96 bits per heavy atom. The average molecular weight is 383 g/mol. The van der Waals surface area contributed by atoms with Crippen LogP contribution in [0.25, 0.3) is 0 Å². The highest BCUT2D eigenvalue weighted by atomic mass is 35.5. The topological polar surface area (TPSA) is 73.6 Å². The van der Waals surface area contributed by atoms with Crippen molar-refractivity contribution in [1.29, 1.82) is 0 Å². The number of ether oxygens (including phenoxy) is 2. The lowest BCUT2D eigenvalue weighted by Gasteiger charge is -2.17. The summed E-state index contributed by atoms with van der Waals surface area (Å²) < 4.78 is 10.6. The molecular formula is C18H20Cl2N2O3. The van der Waals surface area contributed by atoms with Crippen LogP contribution < -0.4 is 20.5 Å². The number of rotatable bonds is 8. The van der Waals surface area contributed by atoms with Crippen molar-refractivity contribution >= 4 is 29.1 Å². The van der Waals surface area contributed by atoms with Crippen LogP contribution in [0.15, 0.2) is 36.4 Å². The van der Waals surface area contributed by atoms with Gasteiger partial charge in [-0.25, -0.2) is 0 Å². The largest absolute Gasteiger partial charge is 0.493 e. The maximum absolute atomic E-state index is 10.9. The Labute approximate surface area is 157 Å². The summed E-state index contributed by atoms with van der Waals surface area (Å²) in [7, 11) is 1.51. The van der Waals surface area contributed by atoms with Gasteiger partial charge < -0.3 is 20.5 Å². The molecule has 0 aromatic heterocycles. The Balaban J connectivity index is 2.11. The van der Waals surface area contributed by atoms with Crippen LogP contribution in [0.2, 0.25) is 10.0 Å². The molecule has 0 aliphatic rings. The third-order valence-corrected chi connectivity index (χ3v) is 4.26. The SMILES string of the molecule is COc1cc(CNC(C)c2ccccc2Cl)cc(Cl)c1OCC(N)=O. The van der Waals surface area contributed by atoms with Crippen molar-refractivity contribution in [3.63, 3.8) is 0 Å². The molecule has 1 amide bonds. The molecular weight excluding hydrogens is 363 g/mol. The monoisotopic (exact) mass is 382 g/mol. The highest BCUT2D eigenvalue weighted by Gasteiger charge is 2.14. The molecule has 7 heteroatoms. The first-order chi connectivity index (χ1) is 11.9. The molecule has 2 aromatic rings. The third-order valence-electron chi connectivity index (χ3n) is 3.63. The molecule has 5 nitrogen and oxygen atoms in total. The first-order valence-electron chi connectivity index (χ1n) is 7.67. The highest BCUT2D eigenvalue weighted by molar-refractivity contribution is 6.32. The summed E-state index contributed by atoms with van der Waals surface area (Å²) in [6.07, 6.45) is 0. The van der Waals surface area contributed by atoms with Crippen LogP contribution in [0.1, 0.15) is 24.1 Å². The maximum atomic E-state index is 10.9. The first-order valence-corrected chi connectivity index (χ1v) is 8.43. The van der Waals surface area contributed by atoms with Crippen LogP contribution in [0.4, 0.5) is 0 Å². The summed E-state index contributed by atoms with van der Waals surface area (Å²) in [4.78, 5) is 10.9. The van der Waals surface area contributed by atoms with E-state index in [2.05, 4.69) is 5.32 Å². The molecule has 2 rings (SSSR count). The van der Waals surface area contributed by atoms with Crippen molar-refractivity contribution in [2.75, 3.05) is 13.7 Å². The quantitative estimate of drug-likeness (QED) is 0.729. The Kier molecular flexibility index (Phi) is 6.93. The van der Waals surface area contributed by atoms with Crippen LogP contribution in [0, 0.1) is 0 Å². The van der Waals surface area contributed by atoms with Gasteiger partial charge in [0.2, 0.25) is 0 Å². The maximum Gasteiger partial charge on any atom is 0.255 e. The molecule has 0 radical (unpaired) electrons. The highest BCUT2D eigenvalue weighted by Crippen LogP contribution is 2.36. The number of hydrogen-bond donors (Lipinski definition) is 2. The molecule has 0 heterocycles. The zero-order chi connectivity index (χ0) is 18.4. The second-order valence-electron chi connectivity index (χ2n) is 5.49. The number of methoxy groups -OCH3 is 1. The second kappa shape index (κ2) is 8.94. The standard InChI is InChI=1S/C18H20Cl2N2O3/c1-11(13-5-3-4-6-14(13)19)22-9-12-7-15(20)18(16(8-12)24-2)25-10-17(21)23/h3-8,11,22H,9-10H2,1-2H3,(H2,21,23). The van der Waals surface area contributed by atoms with Gasteiger partial charge in [0.1, 0.15) is 0 Å². The Morgan fingerprint density at radius 3 is 2.60 bits per heavy atom. The summed E-state index contributed by atoms with van der Waals surface area (Å²) in [6, 6.07) is 11.3. The average Bonchev–Trinajstić information content (AvgIpc) is 2.58. The van der Waals surface area contributed by atoms with Gasteiger partial charge in [0.05, 0.1) is 12.1 Å². The molecule has 0 saturated heterocycles. The normalized spacial score (nSPS) is 11.8. The van der Waals surface area contributed by atoms with E-state index in [0.717, 1.165) is 11.1 Å². The minimum absolute atomic E-state index is 0.0595.